The fourth-order valence-corrected chi connectivity index (χ4v) is 12.6. The molecule has 10 heteroatoms. The van der Waals surface area contributed by atoms with Crippen molar-refractivity contribution in [3.63, 3.8) is 0 Å². The van der Waals surface area contributed by atoms with E-state index in [1.165, 1.54) is 295 Å². The summed E-state index contributed by atoms with van der Waals surface area (Å²) in [5.74, 6) is -0.776. The van der Waals surface area contributed by atoms with E-state index in [1.54, 1.807) is 0 Å². The van der Waals surface area contributed by atoms with Crippen LogP contribution < -0.4 is 0 Å². The van der Waals surface area contributed by atoms with Crippen LogP contribution in [0.1, 0.15) is 393 Å². The van der Waals surface area contributed by atoms with Gasteiger partial charge in [0.1, 0.15) is 19.8 Å². The molecule has 0 rings (SSSR count). The lowest BCUT2D eigenvalue weighted by Gasteiger charge is -2.24. The Kier molecular flexibility index (Phi) is 70.2. The first-order valence-corrected chi connectivity index (χ1v) is 41.0. The number of rotatable bonds is 74. The van der Waals surface area contributed by atoms with Crippen molar-refractivity contribution in [2.24, 2.45) is 0 Å². The molecule has 0 spiro atoms. The number of phosphoric ester groups is 1. The Bertz CT molecular complexity index is 1720. The first-order valence-electron chi connectivity index (χ1n) is 39.5. The highest BCUT2D eigenvalue weighted by atomic mass is 31.2. The zero-order valence-corrected chi connectivity index (χ0v) is 62.0. The van der Waals surface area contributed by atoms with Gasteiger partial charge in [-0.1, -0.05) is 383 Å². The Morgan fingerprint density at radius 1 is 0.352 bits per heavy atom. The van der Waals surface area contributed by atoms with Gasteiger partial charge in [-0.2, -0.15) is 0 Å². The third-order valence-corrected chi connectivity index (χ3v) is 18.8. The fraction of sp³-hybridized carbons (Fsp3) is 0.852. The second-order valence-electron chi connectivity index (χ2n) is 28.1. The number of allylic oxidation sites excluding steroid dienone is 10. The molecule has 0 bridgehead atoms. The molecule has 0 amide bonds. The van der Waals surface area contributed by atoms with Crippen LogP contribution >= 0.6 is 7.82 Å². The second-order valence-corrected chi connectivity index (χ2v) is 29.5. The van der Waals surface area contributed by atoms with E-state index < -0.39 is 26.5 Å². The maximum Gasteiger partial charge on any atom is 0.472 e. The number of esters is 2. The zero-order chi connectivity index (χ0) is 66.2. The molecule has 2 unspecified atom stereocenters. The average molecular weight is 1300 g/mol. The molecule has 9 nitrogen and oxygen atoms in total. The van der Waals surface area contributed by atoms with E-state index in [0.717, 1.165) is 64.2 Å². The van der Waals surface area contributed by atoms with Gasteiger partial charge in [-0.3, -0.25) is 18.6 Å². The van der Waals surface area contributed by atoms with Crippen LogP contribution in [-0.2, 0) is 32.7 Å². The van der Waals surface area contributed by atoms with Crippen molar-refractivity contribution < 1.29 is 42.1 Å². The number of hydrogen-bond acceptors (Lipinski definition) is 7. The van der Waals surface area contributed by atoms with Crippen molar-refractivity contribution in [1.29, 1.82) is 0 Å². The van der Waals surface area contributed by atoms with Gasteiger partial charge in [0.05, 0.1) is 27.7 Å². The number of hydrogen-bond donors (Lipinski definition) is 1. The minimum atomic E-state index is -4.39. The van der Waals surface area contributed by atoms with Gasteiger partial charge in [0.15, 0.2) is 6.10 Å². The summed E-state index contributed by atoms with van der Waals surface area (Å²) in [6.07, 6.45) is 96.6. The van der Waals surface area contributed by atoms with E-state index in [1.807, 2.05) is 21.1 Å². The molecule has 0 aliphatic rings. The molecule has 0 aliphatic heterocycles. The number of carbonyl (C=O) groups is 2. The third-order valence-electron chi connectivity index (χ3n) is 17.8. The molecular weight excluding hydrogens is 1150 g/mol. The molecule has 2 atom stereocenters. The van der Waals surface area contributed by atoms with Crippen molar-refractivity contribution in [3.05, 3.63) is 60.8 Å². The molecule has 0 saturated heterocycles. The first-order chi connectivity index (χ1) is 44.5. The van der Waals surface area contributed by atoms with Crippen molar-refractivity contribution >= 4 is 19.8 Å². The van der Waals surface area contributed by atoms with Crippen LogP contribution in [0.25, 0.3) is 0 Å². The number of unbranched alkanes of at least 4 members (excludes halogenated alkanes) is 50. The molecule has 0 aromatic heterocycles. The molecule has 534 valence electrons. The largest absolute Gasteiger partial charge is 0.472 e. The van der Waals surface area contributed by atoms with Crippen LogP contribution in [0.3, 0.4) is 0 Å². The van der Waals surface area contributed by atoms with Crippen LogP contribution in [0.2, 0.25) is 0 Å². The standard InChI is InChI=1S/C81H152NO8P/c1-6-8-10-12-14-16-18-20-22-24-26-28-30-32-34-36-38-40-42-43-45-47-49-51-53-55-57-59-61-63-65-67-69-71-73-80(83)87-77-79(78-89-91(85,86)88-76-75-82(3,4)5)90-81(84)74-72-70-68-66-64-62-60-58-56-54-52-50-48-46-44-41-39-37-35-33-31-29-27-25-23-21-19-17-15-13-11-9-7-2/h9,11,15,17,21,23,27,29,33,35,79H,6-8,10,12-14,16,18-20,22,24-26,28,30-32,34,36-78H2,1-5H3/p+1/b11-9-,17-15-,23-21-,29-27-,35-33-. The maximum atomic E-state index is 12.9. The normalized spacial score (nSPS) is 13.3. The summed E-state index contributed by atoms with van der Waals surface area (Å²) in [4.78, 5) is 36.0. The fourth-order valence-electron chi connectivity index (χ4n) is 11.8. The molecular formula is C81H153NO8P+. The summed E-state index contributed by atoms with van der Waals surface area (Å²) in [6, 6.07) is 0. The summed E-state index contributed by atoms with van der Waals surface area (Å²) in [5, 5.41) is 0. The van der Waals surface area contributed by atoms with Crippen molar-refractivity contribution in [2.75, 3.05) is 47.5 Å². The summed E-state index contributed by atoms with van der Waals surface area (Å²) in [6.45, 7) is 4.39. The maximum absolute atomic E-state index is 12.9. The zero-order valence-electron chi connectivity index (χ0n) is 61.1. The van der Waals surface area contributed by atoms with Gasteiger partial charge in [-0.05, 0) is 57.8 Å². The van der Waals surface area contributed by atoms with Crippen LogP contribution in [0.5, 0.6) is 0 Å². The summed E-state index contributed by atoms with van der Waals surface area (Å²) >= 11 is 0. The molecule has 0 aromatic carbocycles. The summed E-state index contributed by atoms with van der Waals surface area (Å²) in [5.41, 5.74) is 0. The smallest absolute Gasteiger partial charge is 0.462 e. The van der Waals surface area contributed by atoms with Gasteiger partial charge < -0.3 is 18.9 Å². The lowest BCUT2D eigenvalue weighted by atomic mass is 10.0. The van der Waals surface area contributed by atoms with E-state index in [4.69, 9.17) is 18.5 Å². The Hall–Kier alpha value is -2.29. The number of phosphoric acid groups is 1. The minimum absolute atomic E-state index is 0.0335. The van der Waals surface area contributed by atoms with Crippen LogP contribution in [-0.4, -0.2) is 74.9 Å². The van der Waals surface area contributed by atoms with E-state index in [2.05, 4.69) is 74.6 Å². The molecule has 0 saturated carbocycles. The van der Waals surface area contributed by atoms with Crippen LogP contribution in [0.15, 0.2) is 60.8 Å². The van der Waals surface area contributed by atoms with Gasteiger partial charge in [-0.25, -0.2) is 4.57 Å². The number of carbonyl (C=O) groups excluding carboxylic acids is 2. The molecule has 0 radical (unpaired) electrons. The van der Waals surface area contributed by atoms with E-state index in [9.17, 15) is 19.0 Å². The number of quaternary nitrogens is 1. The molecule has 0 heterocycles. The number of likely N-dealkylation sites (N-methyl/N-ethyl adjacent to an activating group) is 1. The predicted molar refractivity (Wildman–Crippen MR) is 395 cm³/mol. The van der Waals surface area contributed by atoms with Crippen molar-refractivity contribution in [2.45, 2.75) is 399 Å². The van der Waals surface area contributed by atoms with E-state index in [-0.39, 0.29) is 25.6 Å². The van der Waals surface area contributed by atoms with Gasteiger partial charge in [0, 0.05) is 12.8 Å². The molecule has 91 heavy (non-hydrogen) atoms. The highest BCUT2D eigenvalue weighted by Gasteiger charge is 2.27. The second kappa shape index (κ2) is 72.0. The van der Waals surface area contributed by atoms with E-state index in [0.29, 0.717) is 23.9 Å². The summed E-state index contributed by atoms with van der Waals surface area (Å²) in [7, 11) is 1.50. The SMILES string of the molecule is CC/C=C\C/C=C\C/C=C\C/C=C\C/C=C\CCCCCCCCCCCCCCCCCCCC(=O)OC(COC(=O)CCCCCCCCCCCCCCCCCCCCCCCCCCCCCCCCCCCC)COP(=O)(O)OCC[N+](C)(C)C. The lowest BCUT2D eigenvalue weighted by Crippen LogP contribution is -2.37. The van der Waals surface area contributed by atoms with Crippen molar-refractivity contribution in [3.8, 4) is 0 Å². The van der Waals surface area contributed by atoms with Crippen LogP contribution in [0.4, 0.5) is 0 Å². The van der Waals surface area contributed by atoms with Crippen LogP contribution in [0, 0.1) is 0 Å². The molecule has 0 aromatic rings. The van der Waals surface area contributed by atoms with Gasteiger partial charge in [0.25, 0.3) is 0 Å². The van der Waals surface area contributed by atoms with Gasteiger partial charge in [0.2, 0.25) is 0 Å². The number of ether oxygens (including phenoxy) is 2. The first kappa shape index (κ1) is 88.7. The van der Waals surface area contributed by atoms with Gasteiger partial charge >= 0.3 is 19.8 Å². The molecule has 0 aliphatic carbocycles. The minimum Gasteiger partial charge on any atom is -0.462 e. The Labute approximate surface area is 566 Å². The third kappa shape index (κ3) is 76.6. The lowest BCUT2D eigenvalue weighted by molar-refractivity contribution is -0.870. The predicted octanol–water partition coefficient (Wildman–Crippen LogP) is 26.1. The highest BCUT2D eigenvalue weighted by Crippen LogP contribution is 2.43. The quantitative estimate of drug-likeness (QED) is 0.0211. The monoisotopic (exact) mass is 1300 g/mol. The molecule has 1 N–H and O–H groups in total. The Balaban J connectivity index is 3.93. The average Bonchev–Trinajstić information content (AvgIpc) is 3.62. The Morgan fingerprint density at radius 3 is 0.934 bits per heavy atom. The molecule has 0 fully saturated rings. The topological polar surface area (TPSA) is 108 Å². The summed E-state index contributed by atoms with van der Waals surface area (Å²) < 4.78 is 34.8. The van der Waals surface area contributed by atoms with E-state index >= 15 is 0 Å². The Morgan fingerprint density at radius 2 is 0.626 bits per heavy atom. The van der Waals surface area contributed by atoms with Gasteiger partial charge in [-0.15, -0.1) is 0 Å². The highest BCUT2D eigenvalue weighted by molar-refractivity contribution is 7.47. The number of nitrogens with zero attached hydrogens (tertiary/aromatic N) is 1. The van der Waals surface area contributed by atoms with Crippen molar-refractivity contribution in [1.82, 2.24) is 0 Å².